The van der Waals surface area contributed by atoms with Crippen molar-refractivity contribution in [3.8, 4) is 5.75 Å². The summed E-state index contributed by atoms with van der Waals surface area (Å²) < 4.78 is 5.42. The highest BCUT2D eigenvalue weighted by atomic mass is 16.5. The number of nitrogens with zero attached hydrogens (tertiary/aromatic N) is 1. The second kappa shape index (κ2) is 6.73. The van der Waals surface area contributed by atoms with Crippen LogP contribution in [-0.2, 0) is 0 Å². The molecule has 1 aliphatic carbocycles. The summed E-state index contributed by atoms with van der Waals surface area (Å²) in [5.74, 6) is 0.808. The van der Waals surface area contributed by atoms with Gasteiger partial charge in [0.25, 0.3) is 0 Å². The zero-order valence-corrected chi connectivity index (χ0v) is 13.6. The lowest BCUT2D eigenvalue weighted by molar-refractivity contribution is 0.218. The molecule has 1 atom stereocenters. The Balaban J connectivity index is 1.73. The molecule has 0 saturated carbocycles. The van der Waals surface area contributed by atoms with Crippen LogP contribution >= 0.6 is 0 Å². The minimum Gasteiger partial charge on any atom is -0.494 e. The highest BCUT2D eigenvalue weighted by Gasteiger charge is 2.31. The third-order valence-electron chi connectivity index (χ3n) is 4.11. The van der Waals surface area contributed by atoms with Crippen molar-refractivity contribution >= 4 is 11.7 Å². The van der Waals surface area contributed by atoms with Gasteiger partial charge in [-0.05, 0) is 62.6 Å². The van der Waals surface area contributed by atoms with Crippen LogP contribution in [0.2, 0.25) is 0 Å². The van der Waals surface area contributed by atoms with Gasteiger partial charge in [-0.25, -0.2) is 4.79 Å². The first-order valence-electron chi connectivity index (χ1n) is 8.07. The van der Waals surface area contributed by atoms with E-state index in [4.69, 9.17) is 4.74 Å². The van der Waals surface area contributed by atoms with E-state index in [2.05, 4.69) is 18.3 Å². The van der Waals surface area contributed by atoms with Gasteiger partial charge in [0.2, 0.25) is 0 Å². The molecule has 3 rings (SSSR count). The third kappa shape index (κ3) is 3.31. The van der Waals surface area contributed by atoms with Crippen LogP contribution in [0, 0.1) is 0 Å². The van der Waals surface area contributed by atoms with Gasteiger partial charge in [-0.2, -0.15) is 0 Å². The highest BCUT2D eigenvalue weighted by Crippen LogP contribution is 2.33. The topological polar surface area (TPSA) is 41.6 Å². The van der Waals surface area contributed by atoms with E-state index in [0.717, 1.165) is 30.0 Å². The van der Waals surface area contributed by atoms with Crippen LogP contribution < -0.4 is 10.1 Å². The number of rotatable bonds is 3. The van der Waals surface area contributed by atoms with E-state index in [-0.39, 0.29) is 12.1 Å². The third-order valence-corrected chi connectivity index (χ3v) is 4.11. The molecule has 23 heavy (non-hydrogen) atoms. The van der Waals surface area contributed by atoms with Crippen LogP contribution in [0.25, 0.3) is 0 Å². The van der Waals surface area contributed by atoms with E-state index in [1.807, 2.05) is 54.3 Å². The quantitative estimate of drug-likeness (QED) is 0.894. The molecule has 1 heterocycles. The predicted octanol–water partition coefficient (Wildman–Crippen LogP) is 4.48. The number of amides is 2. The first kappa shape index (κ1) is 15.4. The summed E-state index contributed by atoms with van der Waals surface area (Å²) in [4.78, 5) is 14.6. The SMILES string of the molecule is CCOc1ccc(NC(=O)N2C3=C(CC=CC=C3)CC2C)cc1. The van der Waals surface area contributed by atoms with E-state index in [9.17, 15) is 4.79 Å². The molecule has 0 fully saturated rings. The molecule has 4 nitrogen and oxygen atoms in total. The smallest absolute Gasteiger partial charge is 0.326 e. The van der Waals surface area contributed by atoms with Gasteiger partial charge in [-0.3, -0.25) is 4.90 Å². The molecule has 120 valence electrons. The molecule has 1 aromatic carbocycles. The molecule has 0 saturated heterocycles. The Hall–Kier alpha value is -2.49. The number of nitrogens with one attached hydrogen (secondary N) is 1. The predicted molar refractivity (Wildman–Crippen MR) is 92.5 cm³/mol. The minimum absolute atomic E-state index is 0.0850. The van der Waals surface area contributed by atoms with Crippen LogP contribution in [0.15, 0.2) is 59.8 Å². The summed E-state index contributed by atoms with van der Waals surface area (Å²) in [6.45, 7) is 4.67. The second-order valence-electron chi connectivity index (χ2n) is 5.79. The lowest BCUT2D eigenvalue weighted by atomic mass is 10.1. The molecule has 0 aromatic heterocycles. The maximum absolute atomic E-state index is 12.7. The van der Waals surface area contributed by atoms with Gasteiger partial charge < -0.3 is 10.1 Å². The van der Waals surface area contributed by atoms with Gasteiger partial charge in [0.05, 0.1) is 6.61 Å². The molecule has 1 aromatic rings. The van der Waals surface area contributed by atoms with Crippen molar-refractivity contribution in [2.75, 3.05) is 11.9 Å². The number of urea groups is 1. The zero-order valence-electron chi connectivity index (χ0n) is 13.6. The maximum Gasteiger partial charge on any atom is 0.326 e. The summed E-state index contributed by atoms with van der Waals surface area (Å²) in [5.41, 5.74) is 3.13. The zero-order chi connectivity index (χ0) is 16.2. The Bertz CT molecular complexity index is 671. The first-order chi connectivity index (χ1) is 11.2. The van der Waals surface area contributed by atoms with E-state index in [0.29, 0.717) is 6.61 Å². The fourth-order valence-electron chi connectivity index (χ4n) is 3.08. The fourth-order valence-corrected chi connectivity index (χ4v) is 3.08. The lowest BCUT2D eigenvalue weighted by Gasteiger charge is -2.24. The van der Waals surface area contributed by atoms with Gasteiger partial charge in [0.15, 0.2) is 0 Å². The van der Waals surface area contributed by atoms with Gasteiger partial charge in [-0.15, -0.1) is 0 Å². The Labute approximate surface area is 137 Å². The number of hydrogen-bond acceptors (Lipinski definition) is 2. The van der Waals surface area contributed by atoms with Gasteiger partial charge in [0.1, 0.15) is 5.75 Å². The molecular weight excluding hydrogens is 288 g/mol. The van der Waals surface area contributed by atoms with Gasteiger partial charge in [0, 0.05) is 17.4 Å². The van der Waals surface area contributed by atoms with Crippen molar-refractivity contribution in [1.82, 2.24) is 4.90 Å². The Morgan fingerprint density at radius 2 is 2.09 bits per heavy atom. The average molecular weight is 310 g/mol. The van der Waals surface area contributed by atoms with Crippen LogP contribution in [0.3, 0.4) is 0 Å². The summed E-state index contributed by atoms with van der Waals surface area (Å²) >= 11 is 0. The monoisotopic (exact) mass is 310 g/mol. The Kier molecular flexibility index (Phi) is 4.51. The molecular formula is C19H22N2O2. The molecule has 1 unspecified atom stereocenters. The van der Waals surface area contributed by atoms with Crippen molar-refractivity contribution in [1.29, 1.82) is 0 Å². The van der Waals surface area contributed by atoms with Crippen molar-refractivity contribution in [2.45, 2.75) is 32.7 Å². The summed E-state index contributed by atoms with van der Waals surface area (Å²) in [6, 6.07) is 7.56. The van der Waals surface area contributed by atoms with E-state index >= 15 is 0 Å². The number of hydrogen-bond donors (Lipinski definition) is 1. The Morgan fingerprint density at radius 3 is 2.83 bits per heavy atom. The van der Waals surface area contributed by atoms with Crippen LogP contribution in [0.1, 0.15) is 26.7 Å². The molecule has 2 aliphatic rings. The van der Waals surface area contributed by atoms with Gasteiger partial charge in [-0.1, -0.05) is 18.2 Å². The van der Waals surface area contributed by atoms with E-state index in [1.165, 1.54) is 5.57 Å². The van der Waals surface area contributed by atoms with Crippen LogP contribution in [-0.4, -0.2) is 23.6 Å². The van der Waals surface area contributed by atoms with Crippen molar-refractivity contribution in [3.63, 3.8) is 0 Å². The number of benzene rings is 1. The second-order valence-corrected chi connectivity index (χ2v) is 5.79. The van der Waals surface area contributed by atoms with Crippen LogP contribution in [0.4, 0.5) is 10.5 Å². The molecule has 0 radical (unpaired) electrons. The van der Waals surface area contributed by atoms with E-state index < -0.39 is 0 Å². The summed E-state index contributed by atoms with van der Waals surface area (Å²) in [7, 11) is 0. The van der Waals surface area contributed by atoms with Crippen LogP contribution in [0.5, 0.6) is 5.75 Å². The largest absolute Gasteiger partial charge is 0.494 e. The highest BCUT2D eigenvalue weighted by molar-refractivity contribution is 5.91. The molecule has 4 heteroatoms. The number of carbonyl (C=O) groups excluding carboxylic acids is 1. The van der Waals surface area contributed by atoms with Gasteiger partial charge >= 0.3 is 6.03 Å². The number of allylic oxidation sites excluding steroid dienone is 4. The number of anilines is 1. The fraction of sp³-hybridized carbons (Fsp3) is 0.316. The summed E-state index contributed by atoms with van der Waals surface area (Å²) in [6.07, 6.45) is 10.0. The number of ether oxygens (including phenoxy) is 1. The molecule has 0 spiro atoms. The minimum atomic E-state index is -0.0850. The van der Waals surface area contributed by atoms with Crippen molar-refractivity contribution in [2.24, 2.45) is 0 Å². The lowest BCUT2D eigenvalue weighted by Crippen LogP contribution is -2.37. The van der Waals surface area contributed by atoms with Crippen molar-refractivity contribution in [3.05, 3.63) is 59.8 Å². The normalized spacial score (nSPS) is 19.6. The standard InChI is InChI=1S/C19H22N2O2/c1-3-23-17-11-9-16(10-12-17)20-19(22)21-14(2)13-15-7-5-4-6-8-18(15)21/h4-6,8-12,14H,3,7,13H2,1-2H3,(H,20,22). The maximum atomic E-state index is 12.7. The number of carbonyl (C=O) groups is 1. The Morgan fingerprint density at radius 1 is 1.30 bits per heavy atom. The van der Waals surface area contributed by atoms with Crippen molar-refractivity contribution < 1.29 is 9.53 Å². The summed E-state index contributed by atoms with van der Waals surface area (Å²) in [5, 5.41) is 2.98. The van der Waals surface area contributed by atoms with E-state index in [1.54, 1.807) is 0 Å². The molecule has 0 bridgehead atoms. The average Bonchev–Trinajstić information content (AvgIpc) is 2.69. The molecule has 1 aliphatic heterocycles. The molecule has 2 amide bonds. The first-order valence-corrected chi connectivity index (χ1v) is 8.07. The molecule has 1 N–H and O–H groups in total.